The number of anilines is 2. The molecule has 3 N–H and O–H groups in total. The molecular formula is C15H15BrN2O2. The molecule has 1 amide bonds. The summed E-state index contributed by atoms with van der Waals surface area (Å²) < 4.78 is 5.93. The van der Waals surface area contributed by atoms with Crippen LogP contribution in [-0.4, -0.2) is 13.0 Å². The Morgan fingerprint density at radius 3 is 2.65 bits per heavy atom. The summed E-state index contributed by atoms with van der Waals surface area (Å²) in [4.78, 5) is 12.2. The summed E-state index contributed by atoms with van der Waals surface area (Å²) in [5, 5.41) is 2.84. The van der Waals surface area contributed by atoms with Gasteiger partial charge in [0.2, 0.25) is 0 Å². The Balaban J connectivity index is 2.25. The summed E-state index contributed by atoms with van der Waals surface area (Å²) in [6.45, 7) is 1.87. The molecule has 2 rings (SSSR count). The van der Waals surface area contributed by atoms with Crippen LogP contribution in [0.2, 0.25) is 0 Å². The van der Waals surface area contributed by atoms with E-state index in [1.165, 1.54) is 0 Å². The van der Waals surface area contributed by atoms with E-state index in [0.29, 0.717) is 22.7 Å². The zero-order valence-corrected chi connectivity index (χ0v) is 12.8. The average molecular weight is 335 g/mol. The fourth-order valence-corrected chi connectivity index (χ4v) is 2.08. The van der Waals surface area contributed by atoms with Crippen LogP contribution in [0, 0.1) is 6.92 Å². The molecular weight excluding hydrogens is 320 g/mol. The predicted molar refractivity (Wildman–Crippen MR) is 84.2 cm³/mol. The molecule has 0 radical (unpaired) electrons. The van der Waals surface area contributed by atoms with Gasteiger partial charge in [0.25, 0.3) is 5.91 Å². The molecule has 0 aliphatic heterocycles. The van der Waals surface area contributed by atoms with Crippen molar-refractivity contribution < 1.29 is 9.53 Å². The van der Waals surface area contributed by atoms with Crippen LogP contribution in [0.4, 0.5) is 11.4 Å². The minimum Gasteiger partial charge on any atom is -0.497 e. The first kappa shape index (κ1) is 14.4. The number of hydrogen-bond donors (Lipinski definition) is 2. The third-order valence-corrected chi connectivity index (χ3v) is 3.65. The first-order valence-electron chi connectivity index (χ1n) is 6.02. The number of aryl methyl sites for hydroxylation is 1. The minimum atomic E-state index is -0.193. The molecule has 104 valence electrons. The Morgan fingerprint density at radius 2 is 2.00 bits per heavy atom. The van der Waals surface area contributed by atoms with Crippen molar-refractivity contribution in [2.45, 2.75) is 6.92 Å². The van der Waals surface area contributed by atoms with Gasteiger partial charge in [0.1, 0.15) is 5.75 Å². The molecule has 0 unspecified atom stereocenters. The molecule has 5 heteroatoms. The largest absolute Gasteiger partial charge is 0.497 e. The van der Waals surface area contributed by atoms with Gasteiger partial charge < -0.3 is 15.8 Å². The van der Waals surface area contributed by atoms with Crippen LogP contribution in [0.3, 0.4) is 0 Å². The van der Waals surface area contributed by atoms with Gasteiger partial charge in [-0.05, 0) is 58.7 Å². The molecule has 0 aliphatic rings. The lowest BCUT2D eigenvalue weighted by atomic mass is 10.1. The molecule has 0 atom stereocenters. The number of halogens is 1. The highest BCUT2D eigenvalue weighted by molar-refractivity contribution is 9.10. The van der Waals surface area contributed by atoms with Crippen molar-refractivity contribution in [3.8, 4) is 5.75 Å². The highest BCUT2D eigenvalue weighted by Crippen LogP contribution is 2.27. The van der Waals surface area contributed by atoms with Crippen molar-refractivity contribution in [2.24, 2.45) is 0 Å². The Bertz CT molecular complexity index is 656. The molecule has 0 bridgehead atoms. The first-order chi connectivity index (χ1) is 9.51. The Hall–Kier alpha value is -2.01. The second-order valence-corrected chi connectivity index (χ2v) is 5.23. The van der Waals surface area contributed by atoms with Gasteiger partial charge in [-0.25, -0.2) is 0 Å². The Morgan fingerprint density at radius 1 is 1.25 bits per heavy atom. The van der Waals surface area contributed by atoms with Crippen LogP contribution in [0.5, 0.6) is 5.75 Å². The number of methoxy groups -OCH3 is 1. The van der Waals surface area contributed by atoms with Crippen molar-refractivity contribution in [1.82, 2.24) is 0 Å². The molecule has 0 fully saturated rings. The zero-order valence-electron chi connectivity index (χ0n) is 11.2. The zero-order chi connectivity index (χ0) is 14.7. The van der Waals surface area contributed by atoms with Crippen molar-refractivity contribution in [2.75, 3.05) is 18.2 Å². The second kappa shape index (κ2) is 5.96. The third-order valence-electron chi connectivity index (χ3n) is 2.95. The summed E-state index contributed by atoms with van der Waals surface area (Å²) in [5.41, 5.74) is 8.51. The van der Waals surface area contributed by atoms with Gasteiger partial charge in [0, 0.05) is 21.8 Å². The van der Waals surface area contributed by atoms with Gasteiger partial charge in [-0.1, -0.05) is 0 Å². The summed E-state index contributed by atoms with van der Waals surface area (Å²) >= 11 is 3.40. The highest BCUT2D eigenvalue weighted by Gasteiger charge is 2.10. The fourth-order valence-electron chi connectivity index (χ4n) is 1.74. The van der Waals surface area contributed by atoms with E-state index in [1.54, 1.807) is 31.4 Å². The summed E-state index contributed by atoms with van der Waals surface area (Å²) in [7, 11) is 1.58. The molecule has 4 nitrogen and oxygen atoms in total. The van der Waals surface area contributed by atoms with Crippen LogP contribution in [0.15, 0.2) is 40.9 Å². The molecule has 0 heterocycles. The lowest BCUT2D eigenvalue weighted by Crippen LogP contribution is -2.12. The second-order valence-electron chi connectivity index (χ2n) is 4.37. The average Bonchev–Trinajstić information content (AvgIpc) is 2.44. The topological polar surface area (TPSA) is 64.3 Å². The number of nitrogens with two attached hydrogens (primary N) is 1. The lowest BCUT2D eigenvalue weighted by Gasteiger charge is -2.10. The number of benzene rings is 2. The SMILES string of the molecule is COc1ccc(Br)c(NC(=O)c2ccc(N)c(C)c2)c1. The number of carbonyl (C=O) groups excluding carboxylic acids is 1. The smallest absolute Gasteiger partial charge is 0.255 e. The molecule has 0 saturated carbocycles. The normalized spacial score (nSPS) is 10.2. The maximum absolute atomic E-state index is 12.2. The van der Waals surface area contributed by atoms with E-state index in [4.69, 9.17) is 10.5 Å². The summed E-state index contributed by atoms with van der Waals surface area (Å²) in [6, 6.07) is 10.6. The fraction of sp³-hybridized carbons (Fsp3) is 0.133. The van der Waals surface area contributed by atoms with E-state index in [0.717, 1.165) is 10.0 Å². The van der Waals surface area contributed by atoms with Gasteiger partial charge in [0.15, 0.2) is 0 Å². The molecule has 0 aromatic heterocycles. The minimum absolute atomic E-state index is 0.193. The number of carbonyl (C=O) groups is 1. The number of rotatable bonds is 3. The van der Waals surface area contributed by atoms with E-state index >= 15 is 0 Å². The number of nitrogens with one attached hydrogen (secondary N) is 1. The number of amides is 1. The summed E-state index contributed by atoms with van der Waals surface area (Å²) in [6.07, 6.45) is 0. The van der Waals surface area contributed by atoms with Crippen LogP contribution < -0.4 is 15.8 Å². The van der Waals surface area contributed by atoms with E-state index < -0.39 is 0 Å². The third kappa shape index (κ3) is 3.11. The van der Waals surface area contributed by atoms with Gasteiger partial charge in [-0.2, -0.15) is 0 Å². The maximum atomic E-state index is 12.2. The van der Waals surface area contributed by atoms with Gasteiger partial charge in [-0.3, -0.25) is 4.79 Å². The number of ether oxygens (including phenoxy) is 1. The predicted octanol–water partition coefficient (Wildman–Crippen LogP) is 3.60. The van der Waals surface area contributed by atoms with E-state index in [1.807, 2.05) is 19.1 Å². The monoisotopic (exact) mass is 334 g/mol. The Kier molecular flexibility index (Phi) is 4.29. The standard InChI is InChI=1S/C15H15BrN2O2/c1-9-7-10(3-6-13(9)17)15(19)18-14-8-11(20-2)4-5-12(14)16/h3-8H,17H2,1-2H3,(H,18,19). The molecule has 2 aromatic carbocycles. The Labute approximate surface area is 126 Å². The molecule has 0 spiro atoms. The summed E-state index contributed by atoms with van der Waals surface area (Å²) in [5.74, 6) is 0.485. The highest BCUT2D eigenvalue weighted by atomic mass is 79.9. The maximum Gasteiger partial charge on any atom is 0.255 e. The lowest BCUT2D eigenvalue weighted by molar-refractivity contribution is 0.102. The van der Waals surface area contributed by atoms with Crippen LogP contribution in [0.25, 0.3) is 0 Å². The van der Waals surface area contributed by atoms with Crippen molar-refractivity contribution in [3.63, 3.8) is 0 Å². The van der Waals surface area contributed by atoms with Gasteiger partial charge in [-0.15, -0.1) is 0 Å². The van der Waals surface area contributed by atoms with E-state index in [2.05, 4.69) is 21.2 Å². The number of nitrogen functional groups attached to an aromatic ring is 1. The first-order valence-corrected chi connectivity index (χ1v) is 6.81. The van der Waals surface area contributed by atoms with E-state index in [9.17, 15) is 4.79 Å². The van der Waals surface area contributed by atoms with Gasteiger partial charge >= 0.3 is 0 Å². The van der Waals surface area contributed by atoms with E-state index in [-0.39, 0.29) is 5.91 Å². The quantitative estimate of drug-likeness (QED) is 0.843. The van der Waals surface area contributed by atoms with Crippen molar-refractivity contribution in [3.05, 3.63) is 52.0 Å². The molecule has 0 aliphatic carbocycles. The molecule has 2 aromatic rings. The molecule has 0 saturated heterocycles. The van der Waals surface area contributed by atoms with Gasteiger partial charge in [0.05, 0.1) is 12.8 Å². The van der Waals surface area contributed by atoms with Crippen molar-refractivity contribution >= 4 is 33.2 Å². The van der Waals surface area contributed by atoms with Crippen molar-refractivity contribution in [1.29, 1.82) is 0 Å². The van der Waals surface area contributed by atoms with Crippen LogP contribution in [-0.2, 0) is 0 Å². The van der Waals surface area contributed by atoms with Crippen LogP contribution >= 0.6 is 15.9 Å². The molecule has 20 heavy (non-hydrogen) atoms. The van der Waals surface area contributed by atoms with Crippen LogP contribution in [0.1, 0.15) is 15.9 Å². The number of hydrogen-bond acceptors (Lipinski definition) is 3.